The summed E-state index contributed by atoms with van der Waals surface area (Å²) in [5.74, 6) is 2.16. The van der Waals surface area contributed by atoms with Gasteiger partial charge in [-0.1, -0.05) is 24.1 Å². The smallest absolute Gasteiger partial charge is 0.462 e. The number of nitrogens with two attached hydrogens (primary N) is 1. The van der Waals surface area contributed by atoms with Crippen LogP contribution in [0.25, 0.3) is 5.57 Å². The van der Waals surface area contributed by atoms with Crippen LogP contribution >= 0.6 is 7.75 Å². The number of hydrogen-bond acceptors (Lipinski definition) is 10. The van der Waals surface area contributed by atoms with Gasteiger partial charge in [0.2, 0.25) is 0 Å². The summed E-state index contributed by atoms with van der Waals surface area (Å²) in [6.45, 7) is 4.17. The number of aliphatic hydroxyl groups excluding tert-OH is 1. The molecule has 0 saturated carbocycles. The molecule has 1 aromatic carbocycles. The molecule has 2 aliphatic rings. The van der Waals surface area contributed by atoms with Crippen LogP contribution in [0.15, 0.2) is 54.1 Å². The quantitative estimate of drug-likeness (QED) is 0.245. The number of nitrogens with zero attached hydrogens (tertiary/aromatic N) is 3. The number of benzene rings is 1. The van der Waals surface area contributed by atoms with Crippen LogP contribution in [0.4, 0.5) is 10.2 Å². The summed E-state index contributed by atoms with van der Waals surface area (Å²) in [5.41, 5.74) is 5.20. The molecule has 13 heteroatoms. The van der Waals surface area contributed by atoms with E-state index >= 15 is 4.39 Å². The zero-order valence-electron chi connectivity index (χ0n) is 23.8. The van der Waals surface area contributed by atoms with Gasteiger partial charge >= 0.3 is 13.7 Å². The first-order chi connectivity index (χ1) is 19.9. The molecule has 11 nitrogen and oxygen atoms in total. The molecule has 0 spiro atoms. The SMILES string of the molecule is C#C/C(=C/C(C)=C1O[C@H](COP(=O)(Oc2ccccc2)N2CCCC2C(=O)OC)[C@@H](O)[C@@]1(C)F)c1c(C)ncnc1N. The number of ether oxygens (including phenoxy) is 2. The van der Waals surface area contributed by atoms with Crippen molar-refractivity contribution < 1.29 is 37.4 Å². The van der Waals surface area contributed by atoms with Crippen molar-refractivity contribution in [1.29, 1.82) is 0 Å². The fourth-order valence-electron chi connectivity index (χ4n) is 5.07. The molecule has 3 heterocycles. The number of aromatic nitrogens is 2. The summed E-state index contributed by atoms with van der Waals surface area (Å²) in [6, 6.07) is 7.44. The molecule has 4 rings (SSSR count). The molecule has 2 saturated heterocycles. The van der Waals surface area contributed by atoms with E-state index in [1.54, 1.807) is 44.2 Å². The third-order valence-corrected chi connectivity index (χ3v) is 9.23. The number of alkyl halides is 1. The van der Waals surface area contributed by atoms with Gasteiger partial charge in [0.25, 0.3) is 0 Å². The van der Waals surface area contributed by atoms with E-state index in [0.717, 1.165) is 0 Å². The van der Waals surface area contributed by atoms with Crippen LogP contribution in [0, 0.1) is 19.3 Å². The Balaban J connectivity index is 1.62. The normalized spacial score (nSPS) is 27.1. The molecular formula is C29H34FN4O7P. The van der Waals surface area contributed by atoms with Crippen molar-refractivity contribution in [2.75, 3.05) is 26.0 Å². The lowest BCUT2D eigenvalue weighted by Crippen LogP contribution is -2.40. The van der Waals surface area contributed by atoms with Crippen LogP contribution in [0.1, 0.15) is 37.9 Å². The maximum absolute atomic E-state index is 16.0. The number of terminal acetylenes is 1. The Bertz CT molecular complexity index is 1450. The summed E-state index contributed by atoms with van der Waals surface area (Å²) < 4.78 is 53.9. The first-order valence-corrected chi connectivity index (χ1v) is 14.8. The average Bonchev–Trinajstić information content (AvgIpc) is 3.55. The second-order valence-electron chi connectivity index (χ2n) is 10.1. The Hall–Kier alpha value is -3.75. The third-order valence-electron chi connectivity index (χ3n) is 7.21. The van der Waals surface area contributed by atoms with E-state index in [9.17, 15) is 14.5 Å². The molecule has 3 N–H and O–H groups in total. The van der Waals surface area contributed by atoms with Gasteiger partial charge in [0.15, 0.2) is 11.8 Å². The predicted molar refractivity (Wildman–Crippen MR) is 153 cm³/mol. The van der Waals surface area contributed by atoms with Crippen LogP contribution in [0.3, 0.4) is 0 Å². The van der Waals surface area contributed by atoms with Gasteiger partial charge in [-0.25, -0.2) is 18.9 Å². The number of aryl methyl sites for hydroxylation is 1. The van der Waals surface area contributed by atoms with E-state index in [2.05, 4.69) is 15.9 Å². The molecule has 2 aromatic rings. The molecule has 0 bridgehead atoms. The number of carbonyl (C=O) groups is 1. The summed E-state index contributed by atoms with van der Waals surface area (Å²) in [5, 5.41) is 10.9. The lowest BCUT2D eigenvalue weighted by Gasteiger charge is -2.31. The number of carbonyl (C=O) groups excluding carboxylic acids is 1. The molecule has 1 aromatic heterocycles. The van der Waals surface area contributed by atoms with Gasteiger partial charge in [-0.2, -0.15) is 4.67 Å². The molecule has 0 aliphatic carbocycles. The van der Waals surface area contributed by atoms with Crippen LogP contribution in [-0.2, 0) is 23.4 Å². The Morgan fingerprint density at radius 2 is 2.10 bits per heavy atom. The van der Waals surface area contributed by atoms with Gasteiger partial charge in [-0.05, 0) is 57.4 Å². The highest BCUT2D eigenvalue weighted by Crippen LogP contribution is 2.56. The molecule has 224 valence electrons. The fourth-order valence-corrected chi connectivity index (χ4v) is 7.03. The van der Waals surface area contributed by atoms with Crippen molar-refractivity contribution in [1.82, 2.24) is 14.6 Å². The molecule has 0 amide bonds. The molecular weight excluding hydrogens is 566 g/mol. The van der Waals surface area contributed by atoms with Gasteiger partial charge in [0, 0.05) is 12.1 Å². The van der Waals surface area contributed by atoms with Crippen LogP contribution in [0.2, 0.25) is 0 Å². The second-order valence-corrected chi connectivity index (χ2v) is 12.0. The Morgan fingerprint density at radius 3 is 2.74 bits per heavy atom. The van der Waals surface area contributed by atoms with E-state index in [-0.39, 0.29) is 29.4 Å². The van der Waals surface area contributed by atoms with Crippen molar-refractivity contribution in [3.8, 4) is 18.1 Å². The summed E-state index contributed by atoms with van der Waals surface area (Å²) in [7, 11) is -2.98. The van der Waals surface area contributed by atoms with Crippen LogP contribution < -0.4 is 10.3 Å². The van der Waals surface area contributed by atoms with E-state index in [4.69, 9.17) is 30.7 Å². The highest BCUT2D eigenvalue weighted by atomic mass is 31.2. The van der Waals surface area contributed by atoms with E-state index < -0.39 is 44.2 Å². The summed E-state index contributed by atoms with van der Waals surface area (Å²) in [6.07, 6.45) is 6.50. The number of rotatable bonds is 9. The summed E-state index contributed by atoms with van der Waals surface area (Å²) in [4.78, 5) is 20.5. The van der Waals surface area contributed by atoms with Crippen molar-refractivity contribution in [2.45, 2.75) is 57.5 Å². The zero-order valence-corrected chi connectivity index (χ0v) is 24.7. The van der Waals surface area contributed by atoms with Crippen LogP contribution in [-0.4, -0.2) is 69.9 Å². The topological polar surface area (TPSA) is 146 Å². The molecule has 2 unspecified atom stereocenters. The Labute approximate surface area is 244 Å². The van der Waals surface area contributed by atoms with Crippen LogP contribution in [0.5, 0.6) is 5.75 Å². The number of allylic oxidation sites excluding steroid dienone is 3. The largest absolute Gasteiger partial charge is 0.486 e. The van der Waals surface area contributed by atoms with E-state index in [1.165, 1.54) is 31.1 Å². The van der Waals surface area contributed by atoms with Crippen molar-refractivity contribution in [2.24, 2.45) is 0 Å². The van der Waals surface area contributed by atoms with E-state index in [0.29, 0.717) is 29.7 Å². The Morgan fingerprint density at radius 1 is 1.38 bits per heavy atom. The Kier molecular flexibility index (Phi) is 9.38. The highest BCUT2D eigenvalue weighted by molar-refractivity contribution is 7.51. The molecule has 0 radical (unpaired) electrons. The minimum atomic E-state index is -4.22. The first-order valence-electron chi connectivity index (χ1n) is 13.3. The maximum atomic E-state index is 16.0. The minimum absolute atomic E-state index is 0.160. The van der Waals surface area contributed by atoms with Gasteiger partial charge < -0.3 is 24.8 Å². The zero-order chi connectivity index (χ0) is 30.7. The number of hydrogen-bond donors (Lipinski definition) is 2. The lowest BCUT2D eigenvalue weighted by atomic mass is 9.94. The van der Waals surface area contributed by atoms with Crippen molar-refractivity contribution >= 4 is 25.1 Å². The molecule has 42 heavy (non-hydrogen) atoms. The minimum Gasteiger partial charge on any atom is -0.486 e. The second kappa shape index (κ2) is 12.6. The first kappa shape index (κ1) is 31.2. The molecule has 2 aliphatic heterocycles. The summed E-state index contributed by atoms with van der Waals surface area (Å²) >= 11 is 0. The van der Waals surface area contributed by atoms with Gasteiger partial charge in [-0.3, -0.25) is 9.32 Å². The van der Waals surface area contributed by atoms with Crippen molar-refractivity contribution in [3.05, 3.63) is 65.3 Å². The number of nitrogen functional groups attached to an aromatic ring is 1. The standard InChI is InChI=1S/C29H34FN4O7P/c1-6-20(24-19(3)32-17-33-27(24)31)15-18(2)26-29(4,30)25(35)23(40-26)16-39-42(37,41-21-11-8-7-9-12-21)34-14-10-13-22(34)28(36)38-5/h1,7-9,11-12,15,17,22-23,25,35H,10,13-14,16H2,2-5H3,(H2,31,32,33)/b20-15-,26-18?/t22?,23-,25-,29-,42?/m1/s1. The highest BCUT2D eigenvalue weighted by Gasteiger charge is 2.54. The number of halogens is 1. The predicted octanol–water partition coefficient (Wildman–Crippen LogP) is 3.99. The molecule has 2 fully saturated rings. The number of para-hydroxylation sites is 1. The number of esters is 1. The third kappa shape index (κ3) is 6.20. The van der Waals surface area contributed by atoms with E-state index in [1.807, 2.05) is 0 Å². The maximum Gasteiger partial charge on any atom is 0.462 e. The monoisotopic (exact) mass is 600 g/mol. The van der Waals surface area contributed by atoms with Crippen molar-refractivity contribution in [3.63, 3.8) is 0 Å². The van der Waals surface area contributed by atoms with Gasteiger partial charge in [-0.15, -0.1) is 6.42 Å². The number of methoxy groups -OCH3 is 1. The van der Waals surface area contributed by atoms with Gasteiger partial charge in [0.1, 0.15) is 35.8 Å². The fraction of sp³-hybridized carbons (Fsp3) is 0.414. The molecule has 5 atom stereocenters. The lowest BCUT2D eigenvalue weighted by molar-refractivity contribution is -0.144. The number of aliphatic hydroxyl groups is 1. The number of anilines is 1. The van der Waals surface area contributed by atoms with Gasteiger partial charge in [0.05, 0.1) is 25.0 Å². The average molecular weight is 601 g/mol.